The van der Waals surface area contributed by atoms with Gasteiger partial charge in [-0.15, -0.1) is 0 Å². The minimum Gasteiger partial charge on any atom is -0.457 e. The average molecular weight is 434 g/mol. The molecule has 164 valence electrons. The van der Waals surface area contributed by atoms with Crippen LogP contribution in [0.5, 0.6) is 17.4 Å². The minimum absolute atomic E-state index is 0.114. The summed E-state index contributed by atoms with van der Waals surface area (Å²) < 4.78 is 21.8. The Bertz CT molecular complexity index is 1290. The lowest BCUT2D eigenvalue weighted by atomic mass is 10.1. The monoisotopic (exact) mass is 434 g/mol. The molecular formula is C24H22N2O6. The van der Waals surface area contributed by atoms with Crippen molar-refractivity contribution >= 4 is 34.2 Å². The van der Waals surface area contributed by atoms with E-state index in [0.717, 1.165) is 28.1 Å². The van der Waals surface area contributed by atoms with Crippen molar-refractivity contribution in [3.63, 3.8) is 0 Å². The fourth-order valence-electron chi connectivity index (χ4n) is 3.44. The van der Waals surface area contributed by atoms with E-state index in [2.05, 4.69) is 9.97 Å². The smallest absolute Gasteiger partial charge is 0.457 e. The maximum absolute atomic E-state index is 12.1. The van der Waals surface area contributed by atoms with Gasteiger partial charge in [-0.2, -0.15) is 0 Å². The number of fused-ring (bicyclic) bond motifs is 3. The van der Waals surface area contributed by atoms with Crippen LogP contribution in [0.1, 0.15) is 29.8 Å². The number of nitrogens with one attached hydrogen (secondary N) is 1. The van der Waals surface area contributed by atoms with Gasteiger partial charge in [0.05, 0.1) is 35.6 Å². The van der Waals surface area contributed by atoms with E-state index in [1.165, 1.54) is 0 Å². The first-order valence-electron chi connectivity index (χ1n) is 10.0. The molecule has 2 heterocycles. The summed E-state index contributed by atoms with van der Waals surface area (Å²) in [4.78, 5) is 30.9. The highest BCUT2D eigenvalue weighted by molar-refractivity contribution is 6.09. The van der Waals surface area contributed by atoms with Crippen LogP contribution in [0.25, 0.3) is 21.8 Å². The van der Waals surface area contributed by atoms with Crippen LogP contribution in [0.4, 0.5) is 4.79 Å². The predicted octanol–water partition coefficient (Wildman–Crippen LogP) is 5.39. The van der Waals surface area contributed by atoms with Gasteiger partial charge in [0.2, 0.25) is 5.88 Å². The van der Waals surface area contributed by atoms with E-state index >= 15 is 0 Å². The van der Waals surface area contributed by atoms with Crippen molar-refractivity contribution in [3.8, 4) is 17.4 Å². The molecule has 0 aliphatic rings. The van der Waals surface area contributed by atoms with Gasteiger partial charge in [0.1, 0.15) is 11.5 Å². The molecule has 0 fully saturated rings. The number of aldehydes is 1. The number of H-pyrrole nitrogens is 1. The molecule has 1 N–H and O–H groups in total. The van der Waals surface area contributed by atoms with Crippen LogP contribution < -0.4 is 9.47 Å². The number of carbonyl (C=O) groups excluding carboxylic acids is 2. The minimum atomic E-state index is -0.835. The number of hydrogen-bond acceptors (Lipinski definition) is 7. The summed E-state index contributed by atoms with van der Waals surface area (Å²) in [6.07, 6.45) is 1.19. The molecule has 32 heavy (non-hydrogen) atoms. The second-order valence-corrected chi connectivity index (χ2v) is 7.37. The van der Waals surface area contributed by atoms with Gasteiger partial charge in [-0.25, -0.2) is 9.78 Å². The summed E-state index contributed by atoms with van der Waals surface area (Å²) >= 11 is 0. The summed E-state index contributed by atoms with van der Waals surface area (Å²) in [5.74, 6) is 1.12. The largest absolute Gasteiger partial charge is 0.515 e. The number of methoxy groups -OCH3 is 1. The Hall–Kier alpha value is -3.91. The highest BCUT2D eigenvalue weighted by atomic mass is 16.7. The van der Waals surface area contributed by atoms with E-state index in [1.54, 1.807) is 57.5 Å². The first-order chi connectivity index (χ1) is 15.5. The number of para-hydroxylation sites is 1. The van der Waals surface area contributed by atoms with Crippen LogP contribution in [0.3, 0.4) is 0 Å². The molecule has 2 aromatic carbocycles. The number of carbonyl (C=O) groups is 2. The molecule has 2 aromatic heterocycles. The Morgan fingerprint density at radius 3 is 2.72 bits per heavy atom. The zero-order valence-electron chi connectivity index (χ0n) is 17.9. The fraction of sp³-hybridized carbons (Fsp3) is 0.208. The van der Waals surface area contributed by atoms with Gasteiger partial charge in [-0.3, -0.25) is 4.79 Å². The van der Waals surface area contributed by atoms with Gasteiger partial charge in [0.25, 0.3) is 0 Å². The third kappa shape index (κ3) is 4.26. The van der Waals surface area contributed by atoms with Crippen LogP contribution in [-0.4, -0.2) is 35.6 Å². The average Bonchev–Trinajstić information content (AvgIpc) is 3.13. The first kappa shape index (κ1) is 21.3. The number of pyridine rings is 1. The van der Waals surface area contributed by atoms with Gasteiger partial charge < -0.3 is 23.9 Å². The zero-order valence-corrected chi connectivity index (χ0v) is 17.9. The van der Waals surface area contributed by atoms with Crippen LogP contribution >= 0.6 is 0 Å². The van der Waals surface area contributed by atoms with E-state index in [0.29, 0.717) is 22.6 Å². The SMILES string of the molecule is COCc1c(OC(=O)OC(C)C)ncc2[nH]c3ccc(Oc4ccccc4C=O)cc3c12. The van der Waals surface area contributed by atoms with Crippen LogP contribution in [0, 0.1) is 0 Å². The molecule has 0 aliphatic heterocycles. The molecular weight excluding hydrogens is 412 g/mol. The summed E-state index contributed by atoms with van der Waals surface area (Å²) in [7, 11) is 1.55. The Morgan fingerprint density at radius 2 is 1.97 bits per heavy atom. The van der Waals surface area contributed by atoms with Crippen molar-refractivity contribution in [3.05, 3.63) is 59.8 Å². The zero-order chi connectivity index (χ0) is 22.7. The van der Waals surface area contributed by atoms with Crippen molar-refractivity contribution < 1.29 is 28.5 Å². The van der Waals surface area contributed by atoms with E-state index in [9.17, 15) is 9.59 Å². The standard InChI is InChI=1S/C24H22N2O6/c1-14(2)30-24(28)32-23-18(13-29-3)22-17-10-16(8-9-19(17)26-20(22)11-25-23)31-21-7-5-4-6-15(21)12-27/h4-12,14,26H,13H2,1-3H3. The molecule has 0 saturated carbocycles. The van der Waals surface area contributed by atoms with Crippen LogP contribution in [-0.2, 0) is 16.1 Å². The van der Waals surface area contributed by atoms with Gasteiger partial charge in [-0.1, -0.05) is 12.1 Å². The van der Waals surface area contributed by atoms with Crippen molar-refractivity contribution in [1.82, 2.24) is 9.97 Å². The lowest BCUT2D eigenvalue weighted by molar-refractivity contribution is 0.0705. The van der Waals surface area contributed by atoms with E-state index in [1.807, 2.05) is 12.1 Å². The number of benzene rings is 2. The Balaban J connectivity index is 1.80. The molecule has 8 heteroatoms. The number of aromatic amines is 1. The molecule has 0 amide bonds. The quantitative estimate of drug-likeness (QED) is 0.307. The van der Waals surface area contributed by atoms with Gasteiger partial charge in [0.15, 0.2) is 6.29 Å². The third-order valence-electron chi connectivity index (χ3n) is 4.74. The lowest BCUT2D eigenvalue weighted by Gasteiger charge is -2.12. The Morgan fingerprint density at radius 1 is 1.16 bits per heavy atom. The highest BCUT2D eigenvalue weighted by Crippen LogP contribution is 2.36. The van der Waals surface area contributed by atoms with Gasteiger partial charge in [-0.05, 0) is 44.2 Å². The van der Waals surface area contributed by atoms with Crippen molar-refractivity contribution in [1.29, 1.82) is 0 Å². The van der Waals surface area contributed by atoms with Gasteiger partial charge in [0, 0.05) is 23.4 Å². The second-order valence-electron chi connectivity index (χ2n) is 7.37. The Kier molecular flexibility index (Phi) is 6.04. The summed E-state index contributed by atoms with van der Waals surface area (Å²) in [5, 5.41) is 1.62. The third-order valence-corrected chi connectivity index (χ3v) is 4.74. The predicted molar refractivity (Wildman–Crippen MR) is 118 cm³/mol. The maximum atomic E-state index is 12.1. The van der Waals surface area contributed by atoms with E-state index < -0.39 is 6.16 Å². The molecule has 0 radical (unpaired) electrons. The highest BCUT2D eigenvalue weighted by Gasteiger charge is 2.19. The van der Waals surface area contributed by atoms with E-state index in [4.69, 9.17) is 18.9 Å². The molecule has 0 unspecified atom stereocenters. The first-order valence-corrected chi connectivity index (χ1v) is 10.0. The summed E-state index contributed by atoms with van der Waals surface area (Å²) in [6, 6.07) is 12.5. The lowest BCUT2D eigenvalue weighted by Crippen LogP contribution is -2.17. The van der Waals surface area contributed by atoms with Crippen LogP contribution in [0.2, 0.25) is 0 Å². The molecule has 0 spiro atoms. The van der Waals surface area contributed by atoms with Crippen LogP contribution in [0.15, 0.2) is 48.7 Å². The van der Waals surface area contributed by atoms with Gasteiger partial charge >= 0.3 is 6.16 Å². The number of nitrogens with zero attached hydrogens (tertiary/aromatic N) is 1. The normalized spacial score (nSPS) is 11.1. The molecule has 0 aliphatic carbocycles. The summed E-state index contributed by atoms with van der Waals surface area (Å²) in [5.41, 5.74) is 2.65. The number of hydrogen-bond donors (Lipinski definition) is 1. The molecule has 0 bridgehead atoms. The fourth-order valence-corrected chi connectivity index (χ4v) is 3.44. The second kappa shape index (κ2) is 9.07. The van der Waals surface area contributed by atoms with Crippen molar-refractivity contribution in [2.24, 2.45) is 0 Å². The topological polar surface area (TPSA) is 99.7 Å². The Labute approximate surface area is 184 Å². The van der Waals surface area contributed by atoms with Crippen molar-refractivity contribution in [2.75, 3.05) is 7.11 Å². The molecule has 4 rings (SSSR count). The number of aromatic nitrogens is 2. The van der Waals surface area contributed by atoms with E-state index in [-0.39, 0.29) is 18.6 Å². The molecule has 0 atom stereocenters. The molecule has 8 nitrogen and oxygen atoms in total. The maximum Gasteiger partial charge on any atom is 0.515 e. The number of ether oxygens (including phenoxy) is 4. The van der Waals surface area contributed by atoms with Crippen molar-refractivity contribution in [2.45, 2.75) is 26.6 Å². The molecule has 0 saturated heterocycles. The molecule has 4 aromatic rings. The summed E-state index contributed by atoms with van der Waals surface area (Å²) in [6.45, 7) is 3.64. The number of rotatable bonds is 7.